The summed E-state index contributed by atoms with van der Waals surface area (Å²) in [6.45, 7) is 5.86. The molecule has 2 unspecified atom stereocenters. The van der Waals surface area contributed by atoms with Gasteiger partial charge in [-0.3, -0.25) is 4.79 Å². The Morgan fingerprint density at radius 3 is 2.57 bits per heavy atom. The Hall–Kier alpha value is -1.40. The molecule has 1 rings (SSSR count). The van der Waals surface area contributed by atoms with Crippen LogP contribution in [0, 0.1) is 0 Å². The maximum Gasteiger partial charge on any atom is 0.237 e. The van der Waals surface area contributed by atoms with Crippen LogP contribution in [0.15, 0.2) is 18.2 Å². The zero-order chi connectivity index (χ0) is 17.4. The van der Waals surface area contributed by atoms with Gasteiger partial charge in [-0.25, -0.2) is 0 Å². The van der Waals surface area contributed by atoms with Crippen molar-refractivity contribution in [1.29, 1.82) is 0 Å². The molecule has 0 fully saturated rings. The summed E-state index contributed by atoms with van der Waals surface area (Å²) in [7, 11) is 1.61. The standard InChI is InChI=1S/C17H28N2O3S/c1-11(2)22-15-7-6-13(10-16(15)21-4)12(3)19-17(20)14(18)8-9-23-5/h6-7,10-12,14H,8-9,18H2,1-5H3,(H,19,20). The van der Waals surface area contributed by atoms with Crippen LogP contribution in [-0.4, -0.2) is 37.2 Å². The fraction of sp³-hybridized carbons (Fsp3) is 0.588. The van der Waals surface area contributed by atoms with Gasteiger partial charge < -0.3 is 20.5 Å². The highest BCUT2D eigenvalue weighted by Crippen LogP contribution is 2.31. The second-order valence-corrected chi connectivity index (χ2v) is 6.68. The molecule has 0 heterocycles. The maximum absolute atomic E-state index is 12.1. The summed E-state index contributed by atoms with van der Waals surface area (Å²) in [5, 5.41) is 2.95. The molecule has 1 aromatic carbocycles. The monoisotopic (exact) mass is 340 g/mol. The average Bonchev–Trinajstić information content (AvgIpc) is 2.52. The van der Waals surface area contributed by atoms with E-state index in [9.17, 15) is 4.79 Å². The molecule has 23 heavy (non-hydrogen) atoms. The minimum Gasteiger partial charge on any atom is -0.493 e. The molecule has 1 aromatic rings. The van der Waals surface area contributed by atoms with Crippen LogP contribution in [0.1, 0.15) is 38.8 Å². The number of nitrogens with two attached hydrogens (primary N) is 1. The van der Waals surface area contributed by atoms with Crippen LogP contribution >= 0.6 is 11.8 Å². The van der Waals surface area contributed by atoms with Gasteiger partial charge >= 0.3 is 0 Å². The molecule has 3 N–H and O–H groups in total. The Morgan fingerprint density at radius 1 is 1.30 bits per heavy atom. The number of amides is 1. The lowest BCUT2D eigenvalue weighted by atomic mass is 10.1. The molecule has 0 aliphatic rings. The van der Waals surface area contributed by atoms with Gasteiger partial charge in [-0.15, -0.1) is 0 Å². The number of hydrogen-bond donors (Lipinski definition) is 2. The highest BCUT2D eigenvalue weighted by atomic mass is 32.2. The molecule has 6 heteroatoms. The fourth-order valence-corrected chi connectivity index (χ4v) is 2.57. The van der Waals surface area contributed by atoms with Gasteiger partial charge in [-0.05, 0) is 56.9 Å². The first kappa shape index (κ1) is 19.6. The third kappa shape index (κ3) is 6.31. The number of carbonyl (C=O) groups is 1. The van der Waals surface area contributed by atoms with Crippen molar-refractivity contribution >= 4 is 17.7 Å². The number of carbonyl (C=O) groups excluding carboxylic acids is 1. The summed E-state index contributed by atoms with van der Waals surface area (Å²) >= 11 is 1.68. The Bertz CT molecular complexity index is 509. The quantitative estimate of drug-likeness (QED) is 0.723. The predicted molar refractivity (Wildman–Crippen MR) is 96.3 cm³/mol. The Morgan fingerprint density at radius 2 is 2.00 bits per heavy atom. The lowest BCUT2D eigenvalue weighted by molar-refractivity contribution is -0.123. The SMILES string of the molecule is COc1cc(C(C)NC(=O)C(N)CCSC)ccc1OC(C)C. The van der Waals surface area contributed by atoms with Crippen LogP contribution in [0.4, 0.5) is 0 Å². The lowest BCUT2D eigenvalue weighted by Gasteiger charge is -2.20. The van der Waals surface area contributed by atoms with Crippen molar-refractivity contribution in [2.75, 3.05) is 19.1 Å². The molecule has 0 saturated carbocycles. The number of nitrogens with one attached hydrogen (secondary N) is 1. The van der Waals surface area contributed by atoms with Crippen LogP contribution in [0.3, 0.4) is 0 Å². The Labute approximate surface area is 143 Å². The summed E-state index contributed by atoms with van der Waals surface area (Å²) in [5.41, 5.74) is 6.84. The van der Waals surface area contributed by atoms with Crippen molar-refractivity contribution in [2.45, 2.75) is 45.4 Å². The van der Waals surface area contributed by atoms with Gasteiger partial charge in [-0.1, -0.05) is 6.07 Å². The molecule has 0 saturated heterocycles. The molecule has 0 radical (unpaired) electrons. The van der Waals surface area contributed by atoms with Crippen molar-refractivity contribution in [3.63, 3.8) is 0 Å². The average molecular weight is 340 g/mol. The minimum absolute atomic E-state index is 0.0707. The van der Waals surface area contributed by atoms with E-state index in [0.29, 0.717) is 17.9 Å². The molecule has 2 atom stereocenters. The molecule has 0 aliphatic carbocycles. The summed E-state index contributed by atoms with van der Waals surface area (Å²) < 4.78 is 11.1. The summed E-state index contributed by atoms with van der Waals surface area (Å²) in [5.74, 6) is 2.09. The van der Waals surface area contributed by atoms with Crippen LogP contribution in [0.25, 0.3) is 0 Å². The number of benzene rings is 1. The molecule has 1 amide bonds. The van der Waals surface area contributed by atoms with E-state index in [1.165, 1.54) is 0 Å². The van der Waals surface area contributed by atoms with E-state index in [-0.39, 0.29) is 18.1 Å². The summed E-state index contributed by atoms with van der Waals surface area (Å²) in [4.78, 5) is 12.1. The van der Waals surface area contributed by atoms with E-state index < -0.39 is 6.04 Å². The van der Waals surface area contributed by atoms with Crippen molar-refractivity contribution in [3.05, 3.63) is 23.8 Å². The minimum atomic E-state index is -0.477. The van der Waals surface area contributed by atoms with Crippen LogP contribution in [0.2, 0.25) is 0 Å². The second-order valence-electron chi connectivity index (χ2n) is 5.70. The van der Waals surface area contributed by atoms with Crippen LogP contribution in [0.5, 0.6) is 11.5 Å². The van der Waals surface area contributed by atoms with E-state index in [2.05, 4.69) is 5.32 Å². The van der Waals surface area contributed by atoms with Crippen molar-refractivity contribution in [1.82, 2.24) is 5.32 Å². The van der Waals surface area contributed by atoms with Gasteiger partial charge in [0.1, 0.15) is 0 Å². The lowest BCUT2D eigenvalue weighted by Crippen LogP contribution is -2.41. The zero-order valence-corrected chi connectivity index (χ0v) is 15.4. The fourth-order valence-electron chi connectivity index (χ4n) is 2.08. The first-order valence-corrected chi connectivity index (χ1v) is 9.17. The predicted octanol–water partition coefficient (Wildman–Crippen LogP) is 2.74. The number of rotatable bonds is 9. The highest BCUT2D eigenvalue weighted by molar-refractivity contribution is 7.98. The molecule has 5 nitrogen and oxygen atoms in total. The van der Waals surface area contributed by atoms with Crippen molar-refractivity contribution in [3.8, 4) is 11.5 Å². The van der Waals surface area contributed by atoms with Gasteiger partial charge in [0, 0.05) is 0 Å². The highest BCUT2D eigenvalue weighted by Gasteiger charge is 2.17. The molecule has 0 aliphatic heterocycles. The van der Waals surface area contributed by atoms with Gasteiger partial charge in [0.25, 0.3) is 0 Å². The molecule has 0 aromatic heterocycles. The molecule has 130 valence electrons. The molecular formula is C17H28N2O3S. The summed E-state index contributed by atoms with van der Waals surface area (Å²) in [6, 6.07) is 5.05. The van der Waals surface area contributed by atoms with E-state index in [1.807, 2.05) is 45.2 Å². The smallest absolute Gasteiger partial charge is 0.237 e. The maximum atomic E-state index is 12.1. The topological polar surface area (TPSA) is 73.6 Å². The molecular weight excluding hydrogens is 312 g/mol. The number of hydrogen-bond acceptors (Lipinski definition) is 5. The van der Waals surface area contributed by atoms with Gasteiger partial charge in [-0.2, -0.15) is 11.8 Å². The van der Waals surface area contributed by atoms with Crippen LogP contribution < -0.4 is 20.5 Å². The third-order valence-corrected chi connectivity index (χ3v) is 4.02. The van der Waals surface area contributed by atoms with Gasteiger partial charge in [0.05, 0.1) is 25.3 Å². The largest absolute Gasteiger partial charge is 0.493 e. The van der Waals surface area contributed by atoms with E-state index in [0.717, 1.165) is 11.3 Å². The first-order valence-electron chi connectivity index (χ1n) is 7.78. The van der Waals surface area contributed by atoms with Crippen molar-refractivity contribution in [2.24, 2.45) is 5.73 Å². The third-order valence-electron chi connectivity index (χ3n) is 3.38. The van der Waals surface area contributed by atoms with Crippen LogP contribution in [-0.2, 0) is 4.79 Å². The van der Waals surface area contributed by atoms with E-state index >= 15 is 0 Å². The number of methoxy groups -OCH3 is 1. The van der Waals surface area contributed by atoms with Gasteiger partial charge in [0.2, 0.25) is 5.91 Å². The second kappa shape index (κ2) is 9.67. The Balaban J connectivity index is 2.76. The number of ether oxygens (including phenoxy) is 2. The van der Waals surface area contributed by atoms with E-state index in [4.69, 9.17) is 15.2 Å². The van der Waals surface area contributed by atoms with Crippen molar-refractivity contribution < 1.29 is 14.3 Å². The number of thioether (sulfide) groups is 1. The normalized spacial score (nSPS) is 13.5. The molecule has 0 bridgehead atoms. The first-order chi connectivity index (χ1) is 10.9. The van der Waals surface area contributed by atoms with Gasteiger partial charge in [0.15, 0.2) is 11.5 Å². The van der Waals surface area contributed by atoms with E-state index in [1.54, 1.807) is 18.9 Å². The zero-order valence-electron chi connectivity index (χ0n) is 14.6. The summed E-state index contributed by atoms with van der Waals surface area (Å²) in [6.07, 6.45) is 2.74. The molecule has 0 spiro atoms. The Kier molecular flexibility index (Phi) is 8.26.